The molecule has 0 fully saturated rings. The third kappa shape index (κ3) is 8.98. The van der Waals surface area contributed by atoms with E-state index in [4.69, 9.17) is 32.7 Å². The van der Waals surface area contributed by atoms with Crippen molar-refractivity contribution in [1.82, 2.24) is 9.80 Å². The van der Waals surface area contributed by atoms with E-state index in [1.807, 2.05) is 69.2 Å². The smallest absolute Gasteiger partial charge is 0.258 e. The fourth-order valence-corrected chi connectivity index (χ4v) is 5.29. The van der Waals surface area contributed by atoms with E-state index in [2.05, 4.69) is 18.9 Å². The second-order valence-electron chi connectivity index (χ2n) is 11.3. The first-order valence-corrected chi connectivity index (χ1v) is 14.9. The Bertz CT molecular complexity index is 1120. The number of aliphatic hydroxyl groups excluding tert-OH is 1. The van der Waals surface area contributed by atoms with Gasteiger partial charge in [0.15, 0.2) is 0 Å². The summed E-state index contributed by atoms with van der Waals surface area (Å²) in [6.45, 7) is 8.33. The topological polar surface area (TPSA) is 65.5 Å². The Morgan fingerprint density at radius 1 is 1.07 bits per heavy atom. The van der Waals surface area contributed by atoms with Gasteiger partial charge in [0.05, 0.1) is 40.5 Å². The molecule has 0 bridgehead atoms. The molecule has 1 aliphatic rings. The van der Waals surface area contributed by atoms with Crippen LogP contribution in [0.1, 0.15) is 56.0 Å². The van der Waals surface area contributed by atoms with Crippen LogP contribution in [-0.4, -0.2) is 86.5 Å². The Labute approximate surface area is 249 Å². The van der Waals surface area contributed by atoms with Gasteiger partial charge in [0.25, 0.3) is 5.91 Å². The van der Waals surface area contributed by atoms with Gasteiger partial charge >= 0.3 is 0 Å². The van der Waals surface area contributed by atoms with Gasteiger partial charge < -0.3 is 24.4 Å². The number of rotatable bonds is 7. The van der Waals surface area contributed by atoms with Crippen LogP contribution in [0, 0.1) is 5.92 Å². The lowest BCUT2D eigenvalue weighted by Crippen LogP contribution is -2.47. The van der Waals surface area contributed by atoms with Crippen LogP contribution in [0.3, 0.4) is 0 Å². The summed E-state index contributed by atoms with van der Waals surface area (Å²) in [4.78, 5) is 20.0. The third-order valence-corrected chi connectivity index (χ3v) is 8.22. The minimum Gasteiger partial charge on any atom is -0.490 e. The lowest BCUT2D eigenvalue weighted by atomic mass is 10.0. The van der Waals surface area contributed by atoms with Gasteiger partial charge in [-0.1, -0.05) is 36.2 Å². The Morgan fingerprint density at radius 3 is 2.50 bits per heavy atom. The number of benzene rings is 2. The number of carbonyl (C=O) groups is 1. The molecule has 1 heterocycles. The van der Waals surface area contributed by atoms with E-state index in [9.17, 15) is 9.90 Å². The maximum atomic E-state index is 14.1. The zero-order chi connectivity index (χ0) is 29.4. The number of hydrogen-bond acceptors (Lipinski definition) is 6. The van der Waals surface area contributed by atoms with Crippen LogP contribution in [0.15, 0.2) is 36.4 Å². The summed E-state index contributed by atoms with van der Waals surface area (Å²) >= 11 is 12.3. The monoisotopic (exact) mass is 593 g/mol. The van der Waals surface area contributed by atoms with Crippen molar-refractivity contribution in [2.75, 3.05) is 52.3 Å². The van der Waals surface area contributed by atoms with E-state index in [0.29, 0.717) is 47.6 Å². The second kappa shape index (κ2) is 15.3. The molecule has 1 N–H and O–H groups in total. The Hall–Kier alpha value is -2.03. The standard InChI is InChI=1S/C31H45Cl2N3O4/c1-21-17-36(22(2)20-37)31(38)26-16-25(34(4)5)11-13-29(26)40-23(3)9-7-8-14-39-30(21)19-35(6)18-24-10-12-27(32)28(33)15-24/h10-13,15-16,21-23,30,37H,7-9,14,17-20H2,1-6H3/t21-,22-,23-,30+/m0/s1. The molecule has 9 heteroatoms. The minimum absolute atomic E-state index is 0.0115. The zero-order valence-electron chi connectivity index (χ0n) is 24.7. The molecule has 2 aromatic rings. The van der Waals surface area contributed by atoms with E-state index in [1.165, 1.54) is 0 Å². The van der Waals surface area contributed by atoms with Crippen LogP contribution < -0.4 is 9.64 Å². The number of fused-ring (bicyclic) bond motifs is 1. The summed E-state index contributed by atoms with van der Waals surface area (Å²) in [5.74, 6) is 0.439. The molecule has 0 saturated heterocycles. The van der Waals surface area contributed by atoms with E-state index >= 15 is 0 Å². The predicted octanol–water partition coefficient (Wildman–Crippen LogP) is 5.99. The molecule has 1 amide bonds. The predicted molar refractivity (Wildman–Crippen MR) is 164 cm³/mol. The number of carbonyl (C=O) groups excluding carboxylic acids is 1. The molecule has 3 rings (SSSR count). The quantitative estimate of drug-likeness (QED) is 0.425. The summed E-state index contributed by atoms with van der Waals surface area (Å²) in [6.07, 6.45) is 2.60. The van der Waals surface area contributed by atoms with Crippen LogP contribution >= 0.6 is 23.2 Å². The third-order valence-electron chi connectivity index (χ3n) is 7.48. The first kappa shape index (κ1) is 32.5. The number of ether oxygens (including phenoxy) is 2. The molecule has 1 aliphatic heterocycles. The van der Waals surface area contributed by atoms with Gasteiger partial charge in [0.1, 0.15) is 5.75 Å². The van der Waals surface area contributed by atoms with E-state index in [0.717, 1.165) is 30.5 Å². The molecule has 0 saturated carbocycles. The van der Waals surface area contributed by atoms with Gasteiger partial charge in [0, 0.05) is 51.9 Å². The lowest BCUT2D eigenvalue weighted by Gasteiger charge is -2.36. The molecule has 222 valence electrons. The summed E-state index contributed by atoms with van der Waals surface area (Å²) < 4.78 is 12.8. The van der Waals surface area contributed by atoms with Crippen molar-refractivity contribution >= 4 is 34.8 Å². The van der Waals surface area contributed by atoms with Crippen LogP contribution in [0.4, 0.5) is 5.69 Å². The summed E-state index contributed by atoms with van der Waals surface area (Å²) in [6, 6.07) is 11.1. The SMILES string of the molecule is C[C@H]1CCCCO[C@H](CN(C)Cc2ccc(Cl)c(Cl)c2)[C@@H](C)CN([C@@H](C)CO)C(=O)c2cc(N(C)C)ccc2O1. The van der Waals surface area contributed by atoms with Crippen molar-refractivity contribution in [1.29, 1.82) is 0 Å². The van der Waals surface area contributed by atoms with Gasteiger partial charge in [-0.3, -0.25) is 9.69 Å². The molecule has 0 aliphatic carbocycles. The summed E-state index contributed by atoms with van der Waals surface area (Å²) in [5, 5.41) is 11.2. The number of nitrogens with zero attached hydrogens (tertiary/aromatic N) is 3. The number of halogens is 2. The lowest BCUT2D eigenvalue weighted by molar-refractivity contribution is -0.0177. The number of anilines is 1. The number of likely N-dealkylation sites (N-methyl/N-ethyl adjacent to an activating group) is 1. The molecule has 0 aromatic heterocycles. The van der Waals surface area contributed by atoms with E-state index in [-0.39, 0.29) is 36.7 Å². The average Bonchev–Trinajstić information content (AvgIpc) is 2.91. The Balaban J connectivity index is 1.89. The normalized spacial score (nSPS) is 21.9. The number of hydrogen-bond donors (Lipinski definition) is 1. The molecule has 0 unspecified atom stereocenters. The van der Waals surface area contributed by atoms with Crippen molar-refractivity contribution < 1.29 is 19.4 Å². The molecule has 4 atom stereocenters. The Kier molecular flexibility index (Phi) is 12.4. The molecule has 40 heavy (non-hydrogen) atoms. The van der Waals surface area contributed by atoms with Crippen LogP contribution in [0.25, 0.3) is 0 Å². The summed E-state index contributed by atoms with van der Waals surface area (Å²) in [7, 11) is 5.96. The second-order valence-corrected chi connectivity index (χ2v) is 12.1. The van der Waals surface area contributed by atoms with Crippen molar-refractivity contribution in [3.63, 3.8) is 0 Å². The van der Waals surface area contributed by atoms with Gasteiger partial charge in [-0.2, -0.15) is 0 Å². The molecular formula is C31H45Cl2N3O4. The van der Waals surface area contributed by atoms with Gasteiger partial charge in [-0.05, 0) is 76.1 Å². The average molecular weight is 595 g/mol. The molecule has 0 spiro atoms. The zero-order valence-corrected chi connectivity index (χ0v) is 26.2. The van der Waals surface area contributed by atoms with Crippen LogP contribution in [-0.2, 0) is 11.3 Å². The maximum Gasteiger partial charge on any atom is 0.258 e. The number of amides is 1. The van der Waals surface area contributed by atoms with Crippen molar-refractivity contribution in [3.05, 3.63) is 57.6 Å². The number of aliphatic hydroxyl groups is 1. The van der Waals surface area contributed by atoms with Crippen LogP contribution in [0.2, 0.25) is 10.0 Å². The Morgan fingerprint density at radius 2 is 1.82 bits per heavy atom. The maximum absolute atomic E-state index is 14.1. The fourth-order valence-electron chi connectivity index (χ4n) is 4.97. The largest absolute Gasteiger partial charge is 0.490 e. The molecule has 0 radical (unpaired) electrons. The summed E-state index contributed by atoms with van der Waals surface area (Å²) in [5.41, 5.74) is 2.49. The molecular weight excluding hydrogens is 549 g/mol. The highest BCUT2D eigenvalue weighted by atomic mass is 35.5. The van der Waals surface area contributed by atoms with Gasteiger partial charge in [-0.25, -0.2) is 0 Å². The van der Waals surface area contributed by atoms with Crippen molar-refractivity contribution in [3.8, 4) is 5.75 Å². The van der Waals surface area contributed by atoms with Gasteiger partial charge in [0.2, 0.25) is 0 Å². The highest BCUT2D eigenvalue weighted by Gasteiger charge is 2.30. The molecule has 7 nitrogen and oxygen atoms in total. The fraction of sp³-hybridized carbons (Fsp3) is 0.581. The highest BCUT2D eigenvalue weighted by molar-refractivity contribution is 6.42. The first-order valence-electron chi connectivity index (χ1n) is 14.1. The highest BCUT2D eigenvalue weighted by Crippen LogP contribution is 2.29. The van der Waals surface area contributed by atoms with E-state index in [1.54, 1.807) is 4.90 Å². The van der Waals surface area contributed by atoms with E-state index < -0.39 is 0 Å². The van der Waals surface area contributed by atoms with Gasteiger partial charge in [-0.15, -0.1) is 0 Å². The minimum atomic E-state index is -0.370. The first-order chi connectivity index (χ1) is 19.0. The van der Waals surface area contributed by atoms with Crippen LogP contribution in [0.5, 0.6) is 5.75 Å². The van der Waals surface area contributed by atoms with Crippen molar-refractivity contribution in [2.24, 2.45) is 5.92 Å². The van der Waals surface area contributed by atoms with Crippen molar-refractivity contribution in [2.45, 2.75) is 64.8 Å². The molecule has 2 aromatic carbocycles.